The number of carbonyl (C=O) groups excluding carboxylic acids is 2. The van der Waals surface area contributed by atoms with Crippen LogP contribution in [0.4, 0.5) is 5.69 Å². The lowest BCUT2D eigenvalue weighted by Crippen LogP contribution is -2.38. The quantitative estimate of drug-likeness (QED) is 0.636. The third-order valence-corrected chi connectivity index (χ3v) is 3.28. The van der Waals surface area contributed by atoms with Crippen LogP contribution in [0.25, 0.3) is 0 Å². The first-order valence-electron chi connectivity index (χ1n) is 5.80. The molecular weight excluding hydrogens is 298 g/mol. The number of carbonyl (C=O) groups is 2. The number of likely N-dealkylation sites (N-methyl/N-ethyl adjacent to an activating group) is 1. The van der Waals surface area contributed by atoms with Crippen molar-refractivity contribution in [3.8, 4) is 5.75 Å². The zero-order valence-electron chi connectivity index (χ0n) is 10.3. The summed E-state index contributed by atoms with van der Waals surface area (Å²) in [6, 6.07) is 5.19. The minimum absolute atomic E-state index is 0.00752. The van der Waals surface area contributed by atoms with E-state index in [1.54, 1.807) is 30.0 Å². The van der Waals surface area contributed by atoms with E-state index in [0.29, 0.717) is 23.5 Å². The van der Waals surface area contributed by atoms with Gasteiger partial charge in [-0.05, 0) is 32.0 Å². The topological polar surface area (TPSA) is 46.6 Å². The fourth-order valence-electron chi connectivity index (χ4n) is 1.93. The smallest absolute Gasteiger partial charge is 0.265 e. The van der Waals surface area contributed by atoms with Crippen molar-refractivity contribution in [1.29, 1.82) is 0 Å². The number of hydrogen-bond donors (Lipinski definition) is 0. The van der Waals surface area contributed by atoms with Crippen LogP contribution in [0.5, 0.6) is 5.75 Å². The molecule has 18 heavy (non-hydrogen) atoms. The number of ketones is 1. The maximum atomic E-state index is 11.9. The van der Waals surface area contributed by atoms with Crippen molar-refractivity contribution in [2.45, 2.75) is 18.7 Å². The Balaban J connectivity index is 2.44. The molecule has 0 saturated carbocycles. The van der Waals surface area contributed by atoms with Gasteiger partial charge in [0.1, 0.15) is 5.75 Å². The number of alkyl halides is 1. The first-order chi connectivity index (χ1) is 8.54. The Kier molecular flexibility index (Phi) is 3.71. The highest BCUT2D eigenvalue weighted by Gasteiger charge is 2.25. The van der Waals surface area contributed by atoms with Crippen LogP contribution in [0.2, 0.25) is 0 Å². The number of fused-ring (bicyclic) bond motifs is 1. The van der Waals surface area contributed by atoms with Crippen molar-refractivity contribution in [1.82, 2.24) is 0 Å². The molecule has 0 fully saturated rings. The Morgan fingerprint density at radius 2 is 2.28 bits per heavy atom. The van der Waals surface area contributed by atoms with Crippen molar-refractivity contribution in [3.63, 3.8) is 0 Å². The van der Waals surface area contributed by atoms with Gasteiger partial charge in [-0.1, -0.05) is 15.9 Å². The molecule has 1 heterocycles. The molecule has 1 aliphatic rings. The predicted octanol–water partition coefficient (Wildman–Crippen LogP) is 2.40. The number of amides is 1. The summed E-state index contributed by atoms with van der Waals surface area (Å²) in [5.41, 5.74) is 1.25. The van der Waals surface area contributed by atoms with E-state index in [0.717, 1.165) is 0 Å². The van der Waals surface area contributed by atoms with Crippen LogP contribution >= 0.6 is 15.9 Å². The lowest BCUT2D eigenvalue weighted by Gasteiger charge is -2.28. The number of anilines is 1. The summed E-state index contributed by atoms with van der Waals surface area (Å²) in [4.78, 5) is 25.0. The largest absolute Gasteiger partial charge is 0.482 e. The third-order valence-electron chi connectivity index (χ3n) is 2.86. The lowest BCUT2D eigenvalue weighted by molar-refractivity contribution is -0.121. The second kappa shape index (κ2) is 5.10. The highest BCUT2D eigenvalue weighted by atomic mass is 79.9. The molecule has 1 aliphatic heterocycles. The molecule has 0 saturated heterocycles. The van der Waals surface area contributed by atoms with Crippen LogP contribution in [0.15, 0.2) is 18.2 Å². The Morgan fingerprint density at radius 3 is 2.89 bits per heavy atom. The molecule has 1 unspecified atom stereocenters. The van der Waals surface area contributed by atoms with Gasteiger partial charge in [0.05, 0.1) is 10.5 Å². The first kappa shape index (κ1) is 13.1. The zero-order chi connectivity index (χ0) is 13.3. The summed E-state index contributed by atoms with van der Waals surface area (Å²) in [6.45, 7) is 4.30. The number of rotatable bonds is 3. The zero-order valence-corrected chi connectivity index (χ0v) is 11.9. The van der Waals surface area contributed by atoms with Crippen LogP contribution in [-0.4, -0.2) is 29.7 Å². The molecule has 2 rings (SSSR count). The highest BCUT2D eigenvalue weighted by molar-refractivity contribution is 9.10. The number of nitrogens with zero attached hydrogens (tertiary/aromatic N) is 1. The summed E-state index contributed by atoms with van der Waals surface area (Å²) in [5.74, 6) is 0.559. The predicted molar refractivity (Wildman–Crippen MR) is 72.7 cm³/mol. The average Bonchev–Trinajstić information content (AvgIpc) is 2.37. The van der Waals surface area contributed by atoms with Crippen molar-refractivity contribution in [2.75, 3.05) is 18.1 Å². The van der Waals surface area contributed by atoms with E-state index in [1.807, 2.05) is 6.92 Å². The SMILES string of the molecule is CCN1C(=O)COc2ccc(C(=O)C(C)Br)cc21. The summed E-state index contributed by atoms with van der Waals surface area (Å²) in [6.07, 6.45) is 0. The van der Waals surface area contributed by atoms with Crippen LogP contribution < -0.4 is 9.64 Å². The van der Waals surface area contributed by atoms with Gasteiger partial charge in [-0.25, -0.2) is 0 Å². The monoisotopic (exact) mass is 311 g/mol. The van der Waals surface area contributed by atoms with E-state index in [4.69, 9.17) is 4.74 Å². The molecule has 0 aromatic heterocycles. The Morgan fingerprint density at radius 1 is 1.56 bits per heavy atom. The maximum Gasteiger partial charge on any atom is 0.265 e. The van der Waals surface area contributed by atoms with Gasteiger partial charge >= 0.3 is 0 Å². The molecule has 0 spiro atoms. The van der Waals surface area contributed by atoms with E-state index < -0.39 is 0 Å². The van der Waals surface area contributed by atoms with Crippen LogP contribution in [0.3, 0.4) is 0 Å². The lowest BCUT2D eigenvalue weighted by atomic mass is 10.1. The van der Waals surface area contributed by atoms with Crippen LogP contribution in [0, 0.1) is 0 Å². The molecule has 0 bridgehead atoms. The molecule has 1 atom stereocenters. The van der Waals surface area contributed by atoms with Gasteiger partial charge in [0.15, 0.2) is 12.4 Å². The molecule has 4 nitrogen and oxygen atoms in total. The fourth-order valence-corrected chi connectivity index (χ4v) is 2.20. The molecule has 1 aromatic carbocycles. The molecular formula is C13H14BrNO3. The molecule has 0 radical (unpaired) electrons. The number of benzene rings is 1. The molecule has 0 N–H and O–H groups in total. The molecule has 96 valence electrons. The van der Waals surface area contributed by atoms with E-state index in [1.165, 1.54) is 0 Å². The molecule has 5 heteroatoms. The summed E-state index contributed by atoms with van der Waals surface area (Å²) in [7, 11) is 0. The Labute approximate surface area is 114 Å². The first-order valence-corrected chi connectivity index (χ1v) is 6.71. The van der Waals surface area contributed by atoms with Crippen molar-refractivity contribution >= 4 is 33.3 Å². The minimum Gasteiger partial charge on any atom is -0.482 e. The van der Waals surface area contributed by atoms with E-state index in [-0.39, 0.29) is 23.1 Å². The average molecular weight is 312 g/mol. The van der Waals surface area contributed by atoms with Gasteiger partial charge in [0.2, 0.25) is 0 Å². The summed E-state index contributed by atoms with van der Waals surface area (Å²) < 4.78 is 5.35. The van der Waals surface area contributed by atoms with Gasteiger partial charge in [-0.3, -0.25) is 9.59 Å². The van der Waals surface area contributed by atoms with Crippen LogP contribution in [0.1, 0.15) is 24.2 Å². The van der Waals surface area contributed by atoms with Gasteiger partial charge in [-0.2, -0.15) is 0 Å². The maximum absolute atomic E-state index is 11.9. The summed E-state index contributed by atoms with van der Waals surface area (Å²) >= 11 is 3.26. The van der Waals surface area contributed by atoms with Gasteiger partial charge < -0.3 is 9.64 Å². The number of halogens is 1. The second-order valence-electron chi connectivity index (χ2n) is 4.09. The van der Waals surface area contributed by atoms with E-state index in [2.05, 4.69) is 15.9 Å². The van der Waals surface area contributed by atoms with Crippen molar-refractivity contribution in [3.05, 3.63) is 23.8 Å². The standard InChI is InChI=1S/C13H14BrNO3/c1-3-15-10-6-9(13(17)8(2)14)4-5-11(10)18-7-12(15)16/h4-6,8H,3,7H2,1-2H3. The minimum atomic E-state index is -0.245. The van der Waals surface area contributed by atoms with Crippen molar-refractivity contribution < 1.29 is 14.3 Å². The van der Waals surface area contributed by atoms with Crippen molar-refractivity contribution in [2.24, 2.45) is 0 Å². The fraction of sp³-hybridized carbons (Fsp3) is 0.385. The van der Waals surface area contributed by atoms with E-state index >= 15 is 0 Å². The third kappa shape index (κ3) is 2.27. The number of hydrogen-bond acceptors (Lipinski definition) is 3. The van der Waals surface area contributed by atoms with E-state index in [9.17, 15) is 9.59 Å². The van der Waals surface area contributed by atoms with Gasteiger partial charge in [-0.15, -0.1) is 0 Å². The summed E-state index contributed by atoms with van der Waals surface area (Å²) in [5, 5.41) is 0. The number of Topliss-reactive ketones (excluding diaryl/α,β-unsaturated/α-hetero) is 1. The Hall–Kier alpha value is -1.36. The molecule has 0 aliphatic carbocycles. The normalized spacial score (nSPS) is 15.9. The second-order valence-corrected chi connectivity index (χ2v) is 5.46. The number of ether oxygens (including phenoxy) is 1. The highest BCUT2D eigenvalue weighted by Crippen LogP contribution is 2.33. The van der Waals surface area contributed by atoms with Crippen LogP contribution in [-0.2, 0) is 4.79 Å². The van der Waals surface area contributed by atoms with Gasteiger partial charge in [0, 0.05) is 12.1 Å². The van der Waals surface area contributed by atoms with Gasteiger partial charge in [0.25, 0.3) is 5.91 Å². The molecule has 1 aromatic rings. The Bertz CT molecular complexity index is 499. The molecule has 1 amide bonds.